The van der Waals surface area contributed by atoms with Crippen molar-refractivity contribution in [1.82, 2.24) is 4.90 Å². The molecule has 1 heteroatoms. The third-order valence-corrected chi connectivity index (χ3v) is 4.71. The van der Waals surface area contributed by atoms with Gasteiger partial charge in [0.2, 0.25) is 0 Å². The minimum absolute atomic E-state index is 0.415. The zero-order valence-corrected chi connectivity index (χ0v) is 9.69. The topological polar surface area (TPSA) is 3.24 Å². The fourth-order valence-corrected chi connectivity index (χ4v) is 5.08. The number of hydrogen-bond acceptors (Lipinski definition) is 1. The quantitative estimate of drug-likeness (QED) is 0.569. The Morgan fingerprint density at radius 2 is 1.50 bits per heavy atom. The van der Waals surface area contributed by atoms with E-state index in [9.17, 15) is 0 Å². The van der Waals surface area contributed by atoms with Gasteiger partial charge >= 0.3 is 0 Å². The van der Waals surface area contributed by atoms with Crippen LogP contribution in [0.15, 0.2) is 12.3 Å². The summed E-state index contributed by atoms with van der Waals surface area (Å²) in [6.07, 6.45) is 4.16. The zero-order valence-electron chi connectivity index (χ0n) is 9.69. The van der Waals surface area contributed by atoms with Crippen LogP contribution in [-0.2, 0) is 0 Å². The molecule has 3 saturated heterocycles. The molecule has 1 saturated carbocycles. The highest BCUT2D eigenvalue weighted by molar-refractivity contribution is 5.23. The van der Waals surface area contributed by atoms with Crippen molar-refractivity contribution in [1.29, 1.82) is 0 Å². The molecule has 14 heavy (non-hydrogen) atoms. The fourth-order valence-electron chi connectivity index (χ4n) is 5.08. The van der Waals surface area contributed by atoms with Crippen LogP contribution in [0, 0.1) is 16.2 Å². The lowest BCUT2D eigenvalue weighted by Gasteiger charge is -2.67. The number of piperidine rings is 3. The van der Waals surface area contributed by atoms with Gasteiger partial charge < -0.3 is 4.90 Å². The minimum atomic E-state index is 0.415. The Hall–Kier alpha value is -0.460. The van der Waals surface area contributed by atoms with E-state index in [0.29, 0.717) is 16.2 Å². The van der Waals surface area contributed by atoms with Crippen LogP contribution in [0.3, 0.4) is 0 Å². The second-order valence-corrected chi connectivity index (χ2v) is 7.02. The summed E-state index contributed by atoms with van der Waals surface area (Å²) in [6, 6.07) is 0. The Kier molecular flexibility index (Phi) is 1.29. The van der Waals surface area contributed by atoms with Crippen LogP contribution < -0.4 is 0 Å². The lowest BCUT2D eigenvalue weighted by molar-refractivity contribution is -0.123. The molecule has 0 aromatic rings. The second-order valence-electron chi connectivity index (χ2n) is 7.02. The first-order valence-corrected chi connectivity index (χ1v) is 5.79. The van der Waals surface area contributed by atoms with E-state index in [2.05, 4.69) is 32.3 Å². The molecule has 1 aliphatic carbocycles. The molecule has 0 aromatic carbocycles. The molecule has 3 atom stereocenters. The predicted octanol–water partition coefficient (Wildman–Crippen LogP) is 3.03. The van der Waals surface area contributed by atoms with Crippen LogP contribution in [0.25, 0.3) is 0 Å². The predicted molar refractivity (Wildman–Crippen MR) is 58.9 cm³/mol. The minimum Gasteiger partial charge on any atom is -0.374 e. The van der Waals surface area contributed by atoms with E-state index in [-0.39, 0.29) is 0 Å². The Bertz CT molecular complexity index is 299. The maximum absolute atomic E-state index is 4.31. The molecule has 0 aromatic heterocycles. The number of allylic oxidation sites excluding steroid dienone is 1. The zero-order chi connectivity index (χ0) is 10.2. The van der Waals surface area contributed by atoms with Gasteiger partial charge in [-0.3, -0.25) is 0 Å². The Balaban J connectivity index is 2.10. The maximum atomic E-state index is 4.31. The largest absolute Gasteiger partial charge is 0.374 e. The van der Waals surface area contributed by atoms with Crippen molar-refractivity contribution in [3.63, 3.8) is 0 Å². The molecule has 3 heterocycles. The fraction of sp³-hybridized carbons (Fsp3) is 0.846. The van der Waals surface area contributed by atoms with Crippen LogP contribution in [0.5, 0.6) is 0 Å². The van der Waals surface area contributed by atoms with Crippen molar-refractivity contribution in [2.75, 3.05) is 13.1 Å². The van der Waals surface area contributed by atoms with Gasteiger partial charge in [-0.15, -0.1) is 0 Å². The van der Waals surface area contributed by atoms with Gasteiger partial charge in [0.25, 0.3) is 0 Å². The van der Waals surface area contributed by atoms with Crippen molar-refractivity contribution in [3.8, 4) is 0 Å². The summed E-state index contributed by atoms with van der Waals surface area (Å²) in [6.45, 7) is 14.2. The van der Waals surface area contributed by atoms with E-state index >= 15 is 0 Å². The highest BCUT2D eigenvalue weighted by atomic mass is 15.2. The first-order chi connectivity index (χ1) is 6.34. The van der Waals surface area contributed by atoms with Crippen molar-refractivity contribution in [3.05, 3.63) is 12.3 Å². The molecule has 0 radical (unpaired) electrons. The Morgan fingerprint density at radius 1 is 1.00 bits per heavy atom. The average molecular weight is 191 g/mol. The molecule has 1 nitrogen and oxygen atoms in total. The molecule has 78 valence electrons. The third-order valence-electron chi connectivity index (χ3n) is 4.71. The Morgan fingerprint density at radius 3 is 1.93 bits per heavy atom. The smallest absolute Gasteiger partial charge is 0.0229 e. The van der Waals surface area contributed by atoms with Crippen LogP contribution in [0.4, 0.5) is 0 Å². The molecule has 4 fully saturated rings. The summed E-state index contributed by atoms with van der Waals surface area (Å²) in [5, 5.41) is 0. The van der Waals surface area contributed by atoms with E-state index < -0.39 is 0 Å². The van der Waals surface area contributed by atoms with E-state index in [1.807, 2.05) is 0 Å². The lowest BCUT2D eigenvalue weighted by atomic mass is 9.48. The molecule has 0 N–H and O–H groups in total. The molecule has 4 bridgehead atoms. The molecular formula is C13H21N. The molecular weight excluding hydrogens is 170 g/mol. The first kappa shape index (κ1) is 8.82. The lowest BCUT2D eigenvalue weighted by Crippen LogP contribution is -2.63. The highest BCUT2D eigenvalue weighted by Crippen LogP contribution is 2.64. The first-order valence-electron chi connectivity index (χ1n) is 5.79. The number of nitrogens with zero attached hydrogens (tertiary/aromatic N) is 1. The molecule has 0 spiro atoms. The van der Waals surface area contributed by atoms with Crippen molar-refractivity contribution >= 4 is 0 Å². The highest BCUT2D eigenvalue weighted by Gasteiger charge is 2.59. The molecule has 4 rings (SSSR count). The van der Waals surface area contributed by atoms with Gasteiger partial charge in [0.15, 0.2) is 0 Å². The van der Waals surface area contributed by atoms with Gasteiger partial charge in [0.05, 0.1) is 0 Å². The Labute approximate surface area is 87.2 Å². The van der Waals surface area contributed by atoms with Crippen LogP contribution in [-0.4, -0.2) is 18.0 Å². The summed E-state index contributed by atoms with van der Waals surface area (Å²) >= 11 is 0. The standard InChI is InChI=1S/C13H21N/c1-10-13(4)6-11(2)5-12(3,7-13)9-14(10)8-11/h1,5-9H2,2-4H3/t11-,12+,13?. The van der Waals surface area contributed by atoms with Crippen LogP contribution in [0.2, 0.25) is 0 Å². The van der Waals surface area contributed by atoms with Crippen LogP contribution in [0.1, 0.15) is 40.0 Å². The van der Waals surface area contributed by atoms with E-state index in [4.69, 9.17) is 0 Å². The number of rotatable bonds is 0. The number of hydrogen-bond donors (Lipinski definition) is 0. The summed E-state index contributed by atoms with van der Waals surface area (Å²) < 4.78 is 0. The summed E-state index contributed by atoms with van der Waals surface area (Å²) in [5.41, 5.74) is 2.98. The monoisotopic (exact) mass is 191 g/mol. The average Bonchev–Trinajstić information content (AvgIpc) is 1.94. The van der Waals surface area contributed by atoms with Gasteiger partial charge in [-0.25, -0.2) is 0 Å². The third kappa shape index (κ3) is 0.910. The van der Waals surface area contributed by atoms with Gasteiger partial charge in [-0.1, -0.05) is 27.4 Å². The SMILES string of the molecule is C=C1N2C[C@@]3(C)CC1(C)C[C@@](C)(C2)C3. The summed E-state index contributed by atoms with van der Waals surface area (Å²) in [5.74, 6) is 0. The van der Waals surface area contributed by atoms with Gasteiger partial charge in [0.1, 0.15) is 0 Å². The molecule has 1 unspecified atom stereocenters. The molecule has 3 aliphatic heterocycles. The maximum Gasteiger partial charge on any atom is 0.0229 e. The van der Waals surface area contributed by atoms with Gasteiger partial charge in [-0.2, -0.15) is 0 Å². The van der Waals surface area contributed by atoms with E-state index in [1.165, 1.54) is 38.0 Å². The van der Waals surface area contributed by atoms with Crippen LogP contribution >= 0.6 is 0 Å². The van der Waals surface area contributed by atoms with Gasteiger partial charge in [0, 0.05) is 24.2 Å². The molecule has 0 amide bonds. The van der Waals surface area contributed by atoms with E-state index in [0.717, 1.165) is 0 Å². The normalized spacial score (nSPS) is 55.6. The van der Waals surface area contributed by atoms with Gasteiger partial charge in [-0.05, 0) is 30.1 Å². The van der Waals surface area contributed by atoms with Crippen molar-refractivity contribution < 1.29 is 0 Å². The van der Waals surface area contributed by atoms with Crippen molar-refractivity contribution in [2.45, 2.75) is 40.0 Å². The summed E-state index contributed by atoms with van der Waals surface area (Å²) in [7, 11) is 0. The van der Waals surface area contributed by atoms with Crippen molar-refractivity contribution in [2.24, 2.45) is 16.2 Å². The summed E-state index contributed by atoms with van der Waals surface area (Å²) in [4.78, 5) is 2.57. The second kappa shape index (κ2) is 2.05. The van der Waals surface area contributed by atoms with E-state index in [1.54, 1.807) is 0 Å². The molecule has 4 aliphatic rings.